The van der Waals surface area contributed by atoms with Gasteiger partial charge in [0.25, 0.3) is 17.5 Å². The smallest absolute Gasteiger partial charge is 0.294 e. The molecule has 0 fully saturated rings. The number of nitro groups is 1. The van der Waals surface area contributed by atoms with Crippen molar-refractivity contribution in [3.63, 3.8) is 0 Å². The number of nitro benzene ring substituents is 1. The van der Waals surface area contributed by atoms with Gasteiger partial charge >= 0.3 is 0 Å². The van der Waals surface area contributed by atoms with E-state index in [2.05, 4.69) is 15.8 Å². The highest BCUT2D eigenvalue weighted by Gasteiger charge is 2.20. The molecule has 0 saturated heterocycles. The van der Waals surface area contributed by atoms with Crippen molar-refractivity contribution in [2.75, 3.05) is 0 Å². The Morgan fingerprint density at radius 2 is 1.93 bits per heavy atom. The molecule has 0 saturated carbocycles. The van der Waals surface area contributed by atoms with Crippen LogP contribution in [0.5, 0.6) is 5.75 Å². The number of hydrogen-bond acceptors (Lipinski definition) is 6. The summed E-state index contributed by atoms with van der Waals surface area (Å²) in [4.78, 5) is 39.0. The first kappa shape index (κ1) is 20.5. The molecule has 2 N–H and O–H groups in total. The first-order valence-electron chi connectivity index (χ1n) is 8.64. The highest BCUT2D eigenvalue weighted by molar-refractivity contribution is 5.96. The van der Waals surface area contributed by atoms with E-state index in [0.717, 1.165) is 6.07 Å². The van der Waals surface area contributed by atoms with Crippen LogP contribution in [0.15, 0.2) is 61.2 Å². The largest absolute Gasteiger partial charge is 0.481 e. The van der Waals surface area contributed by atoms with Crippen molar-refractivity contribution in [3.05, 3.63) is 82.7 Å². The third-order valence-corrected chi connectivity index (χ3v) is 4.01. The molecule has 1 unspecified atom stereocenters. The lowest BCUT2D eigenvalue weighted by Gasteiger charge is -2.15. The molecular formula is C19H16FN5O5. The van der Waals surface area contributed by atoms with Crippen molar-refractivity contribution >= 4 is 17.5 Å². The molecule has 2 aromatic carbocycles. The van der Waals surface area contributed by atoms with Gasteiger partial charge in [-0.05, 0) is 43.3 Å². The number of imidazole rings is 1. The zero-order valence-corrected chi connectivity index (χ0v) is 15.6. The maximum Gasteiger partial charge on any atom is 0.294 e. The summed E-state index contributed by atoms with van der Waals surface area (Å²) in [5, 5.41) is 11.4. The number of halogens is 1. The van der Waals surface area contributed by atoms with Gasteiger partial charge in [0.1, 0.15) is 17.3 Å². The lowest BCUT2D eigenvalue weighted by Crippen LogP contribution is -2.47. The number of benzene rings is 2. The van der Waals surface area contributed by atoms with Crippen molar-refractivity contribution in [2.45, 2.75) is 13.0 Å². The van der Waals surface area contributed by atoms with Gasteiger partial charge < -0.3 is 9.30 Å². The quantitative estimate of drug-likeness (QED) is 0.471. The van der Waals surface area contributed by atoms with Crippen LogP contribution in [0, 0.1) is 15.9 Å². The molecule has 154 valence electrons. The maximum atomic E-state index is 12.9. The average molecular weight is 413 g/mol. The van der Waals surface area contributed by atoms with Crippen LogP contribution in [-0.2, 0) is 4.79 Å². The average Bonchev–Trinajstić information content (AvgIpc) is 3.27. The fourth-order valence-electron chi connectivity index (χ4n) is 2.49. The second-order valence-corrected chi connectivity index (χ2v) is 6.09. The Balaban J connectivity index is 1.64. The van der Waals surface area contributed by atoms with Crippen LogP contribution in [0.1, 0.15) is 17.3 Å². The van der Waals surface area contributed by atoms with E-state index in [1.807, 2.05) is 0 Å². The van der Waals surface area contributed by atoms with Crippen LogP contribution in [0.2, 0.25) is 0 Å². The molecule has 0 radical (unpaired) electrons. The molecule has 30 heavy (non-hydrogen) atoms. The van der Waals surface area contributed by atoms with E-state index in [9.17, 15) is 24.1 Å². The fourth-order valence-corrected chi connectivity index (χ4v) is 2.49. The van der Waals surface area contributed by atoms with E-state index in [0.29, 0.717) is 0 Å². The first-order chi connectivity index (χ1) is 14.3. The number of carbonyl (C=O) groups excluding carboxylic acids is 2. The molecule has 1 atom stereocenters. The second kappa shape index (κ2) is 8.82. The van der Waals surface area contributed by atoms with E-state index in [-0.39, 0.29) is 22.7 Å². The summed E-state index contributed by atoms with van der Waals surface area (Å²) in [6.07, 6.45) is 3.40. The number of hydrazine groups is 1. The van der Waals surface area contributed by atoms with Crippen molar-refractivity contribution in [1.82, 2.24) is 20.4 Å². The Hall–Kier alpha value is -4.28. The number of carbonyl (C=O) groups is 2. The molecule has 11 heteroatoms. The Morgan fingerprint density at radius 1 is 1.20 bits per heavy atom. The number of aromatic nitrogens is 2. The monoisotopic (exact) mass is 413 g/mol. The van der Waals surface area contributed by atoms with Crippen LogP contribution in [0.25, 0.3) is 5.69 Å². The van der Waals surface area contributed by atoms with Crippen LogP contribution in [-0.4, -0.2) is 32.4 Å². The molecular weight excluding hydrogens is 397 g/mol. The van der Waals surface area contributed by atoms with Gasteiger partial charge in [0.05, 0.1) is 11.3 Å². The molecule has 10 nitrogen and oxygen atoms in total. The minimum absolute atomic E-state index is 0.0297. The summed E-state index contributed by atoms with van der Waals surface area (Å²) in [5.41, 5.74) is 4.26. The van der Waals surface area contributed by atoms with Gasteiger partial charge in [0.15, 0.2) is 6.10 Å². The lowest BCUT2D eigenvalue weighted by molar-refractivity contribution is -0.384. The summed E-state index contributed by atoms with van der Waals surface area (Å²) < 4.78 is 19.7. The highest BCUT2D eigenvalue weighted by Crippen LogP contribution is 2.24. The zero-order chi connectivity index (χ0) is 21.7. The van der Waals surface area contributed by atoms with Crippen LogP contribution in [0.4, 0.5) is 10.1 Å². The van der Waals surface area contributed by atoms with Crippen LogP contribution < -0.4 is 15.6 Å². The van der Waals surface area contributed by atoms with Gasteiger partial charge in [-0.3, -0.25) is 30.6 Å². The molecule has 0 aliphatic rings. The summed E-state index contributed by atoms with van der Waals surface area (Å²) in [6, 6.07) is 8.95. The van der Waals surface area contributed by atoms with Crippen molar-refractivity contribution in [1.29, 1.82) is 0 Å². The molecule has 2 amide bonds. The van der Waals surface area contributed by atoms with Gasteiger partial charge in [-0.2, -0.15) is 0 Å². The Bertz CT molecular complexity index is 1070. The predicted octanol–water partition coefficient (Wildman–Crippen LogP) is 2.15. The Kier molecular flexibility index (Phi) is 6.01. The standard InChI is InChI=1S/C19H16FN5O5/c1-12(30-15-5-3-14(20)4-6-15)18(26)22-23-19(27)13-2-7-16(17(10-13)25(28)29)24-9-8-21-11-24/h2-12H,1H3,(H,22,26)(H,23,27). The van der Waals surface area contributed by atoms with Crippen LogP contribution >= 0.6 is 0 Å². The Labute approximate surface area is 169 Å². The first-order valence-corrected chi connectivity index (χ1v) is 8.64. The van der Waals surface area contributed by atoms with Crippen molar-refractivity contribution in [2.24, 2.45) is 0 Å². The molecule has 0 aliphatic heterocycles. The summed E-state index contributed by atoms with van der Waals surface area (Å²) in [6.45, 7) is 1.44. The van der Waals surface area contributed by atoms with Crippen molar-refractivity contribution in [3.8, 4) is 11.4 Å². The zero-order valence-electron chi connectivity index (χ0n) is 15.6. The normalized spacial score (nSPS) is 11.4. The number of amides is 2. The molecule has 1 heterocycles. The lowest BCUT2D eigenvalue weighted by atomic mass is 10.1. The van der Waals surface area contributed by atoms with Gasteiger partial charge in [-0.1, -0.05) is 0 Å². The van der Waals surface area contributed by atoms with E-state index >= 15 is 0 Å². The minimum Gasteiger partial charge on any atom is -0.481 e. The van der Waals surface area contributed by atoms with Gasteiger partial charge in [-0.25, -0.2) is 9.37 Å². The number of hydrogen-bond donors (Lipinski definition) is 2. The number of nitrogens with one attached hydrogen (secondary N) is 2. The van der Waals surface area contributed by atoms with Crippen LogP contribution in [0.3, 0.4) is 0 Å². The SMILES string of the molecule is CC(Oc1ccc(F)cc1)C(=O)NNC(=O)c1ccc(-n2ccnc2)c([N+](=O)[O-])c1. The van der Waals surface area contributed by atoms with E-state index in [4.69, 9.17) is 4.74 Å². The molecule has 1 aromatic heterocycles. The summed E-state index contributed by atoms with van der Waals surface area (Å²) in [7, 11) is 0. The van der Waals surface area contributed by atoms with E-state index < -0.39 is 28.7 Å². The Morgan fingerprint density at radius 3 is 2.57 bits per heavy atom. The van der Waals surface area contributed by atoms with E-state index in [1.165, 1.54) is 66.6 Å². The fraction of sp³-hybridized carbons (Fsp3) is 0.105. The highest BCUT2D eigenvalue weighted by atomic mass is 19.1. The minimum atomic E-state index is -0.992. The van der Waals surface area contributed by atoms with Gasteiger partial charge in [0, 0.05) is 24.0 Å². The number of rotatable bonds is 6. The second-order valence-electron chi connectivity index (χ2n) is 6.09. The molecule has 3 aromatic rings. The topological polar surface area (TPSA) is 128 Å². The molecule has 0 aliphatic carbocycles. The van der Waals surface area contributed by atoms with Crippen molar-refractivity contribution < 1.29 is 23.6 Å². The number of nitrogens with zero attached hydrogens (tertiary/aromatic N) is 3. The van der Waals surface area contributed by atoms with E-state index in [1.54, 1.807) is 0 Å². The molecule has 0 bridgehead atoms. The summed E-state index contributed by atoms with van der Waals surface area (Å²) in [5.74, 6) is -1.59. The molecule has 0 spiro atoms. The molecule has 3 rings (SSSR count). The number of ether oxygens (including phenoxy) is 1. The summed E-state index contributed by atoms with van der Waals surface area (Å²) >= 11 is 0. The third kappa shape index (κ3) is 4.76. The third-order valence-electron chi connectivity index (χ3n) is 4.01. The maximum absolute atomic E-state index is 12.9. The van der Waals surface area contributed by atoms with Gasteiger partial charge in [0.2, 0.25) is 0 Å². The van der Waals surface area contributed by atoms with Gasteiger partial charge in [-0.15, -0.1) is 0 Å². The predicted molar refractivity (Wildman–Crippen MR) is 102 cm³/mol.